The molecule has 8 rings (SSSR count). The lowest BCUT2D eigenvalue weighted by molar-refractivity contribution is -0.130. The summed E-state index contributed by atoms with van der Waals surface area (Å²) >= 11 is 0. The molecule has 0 spiro atoms. The molecule has 1 saturated carbocycles. The number of carbonyl (C=O) groups excluding carboxylic acids is 2. The molecule has 246 valence electrons. The van der Waals surface area contributed by atoms with Crippen LogP contribution in [0.3, 0.4) is 0 Å². The van der Waals surface area contributed by atoms with Crippen molar-refractivity contribution in [3.05, 3.63) is 114 Å². The Morgan fingerprint density at radius 2 is 1.67 bits per heavy atom. The molecule has 1 aliphatic carbocycles. The first-order valence-corrected chi connectivity index (χ1v) is 16.7. The van der Waals surface area contributed by atoms with Crippen molar-refractivity contribution in [1.29, 1.82) is 0 Å². The van der Waals surface area contributed by atoms with Gasteiger partial charge < -0.3 is 15.2 Å². The number of nitrogens with zero attached hydrogens (tertiary/aromatic N) is 7. The predicted octanol–water partition coefficient (Wildman–Crippen LogP) is 5.89. The molecule has 2 fully saturated rings. The maximum Gasteiger partial charge on any atom is 0.236 e. The van der Waals surface area contributed by atoms with Crippen LogP contribution < -0.4 is 5.73 Å². The number of ketones is 1. The van der Waals surface area contributed by atoms with Crippen LogP contribution in [0.15, 0.2) is 91.4 Å². The molecule has 4 aromatic heterocycles. The average molecular weight is 655 g/mol. The number of fused-ring (bicyclic) bond motifs is 1. The second kappa shape index (κ2) is 12.8. The molecule has 2 aromatic carbocycles. The third-order valence-electron chi connectivity index (χ3n) is 9.49. The highest BCUT2D eigenvalue weighted by molar-refractivity contribution is 5.98. The number of benzene rings is 2. The molecule has 1 amide bonds. The maximum atomic E-state index is 14.0. The molecule has 1 aliphatic heterocycles. The van der Waals surface area contributed by atoms with Gasteiger partial charge in [0.2, 0.25) is 5.91 Å². The van der Waals surface area contributed by atoms with E-state index in [1.54, 1.807) is 35.2 Å². The van der Waals surface area contributed by atoms with Gasteiger partial charge >= 0.3 is 0 Å². The first-order valence-electron chi connectivity index (χ1n) is 16.7. The Morgan fingerprint density at radius 1 is 0.878 bits per heavy atom. The standard InChI is InChI=1S/C38H35FN8O2/c39-29-10-8-24(9-11-29)36-37(47(38(43-36)25-6-7-25)31-14-17-45(18-15-31)35(49)21-40)32-12-13-34-42-30(23-46(34)44-32)20-33(48)27-4-1-3-26(19-27)28-5-2-16-41-22-28/h1-5,8-13,16,19,22-23,25,31H,6-7,14-15,17-18,20-21,40H2. The number of nitrogens with two attached hydrogens (primary N) is 1. The molecule has 2 aliphatic rings. The van der Waals surface area contributed by atoms with E-state index in [2.05, 4.69) is 9.55 Å². The third kappa shape index (κ3) is 6.13. The summed E-state index contributed by atoms with van der Waals surface area (Å²) in [5.74, 6) is 0.946. The van der Waals surface area contributed by atoms with Crippen molar-refractivity contribution in [2.24, 2.45) is 5.73 Å². The van der Waals surface area contributed by atoms with E-state index >= 15 is 0 Å². The first kappa shape index (κ1) is 30.8. The summed E-state index contributed by atoms with van der Waals surface area (Å²) in [6, 6.07) is 21.8. The van der Waals surface area contributed by atoms with Gasteiger partial charge in [-0.1, -0.05) is 24.3 Å². The minimum absolute atomic E-state index is 0.00322. The minimum Gasteiger partial charge on any atom is -0.341 e. The first-order chi connectivity index (χ1) is 23.9. The topological polar surface area (TPSA) is 124 Å². The van der Waals surface area contributed by atoms with Gasteiger partial charge in [0.15, 0.2) is 11.4 Å². The quantitative estimate of drug-likeness (QED) is 0.193. The molecule has 2 N–H and O–H groups in total. The molecular weight excluding hydrogens is 619 g/mol. The zero-order chi connectivity index (χ0) is 33.5. The molecule has 49 heavy (non-hydrogen) atoms. The van der Waals surface area contributed by atoms with Crippen LogP contribution in [0.4, 0.5) is 4.39 Å². The number of rotatable bonds is 9. The number of piperidine rings is 1. The lowest BCUT2D eigenvalue weighted by Crippen LogP contribution is -2.42. The highest BCUT2D eigenvalue weighted by Crippen LogP contribution is 2.46. The van der Waals surface area contributed by atoms with E-state index in [0.29, 0.717) is 41.6 Å². The fourth-order valence-electron chi connectivity index (χ4n) is 6.82. The molecular formula is C38H35FN8O2. The summed E-state index contributed by atoms with van der Waals surface area (Å²) in [7, 11) is 0. The number of aromatic nitrogens is 6. The van der Waals surface area contributed by atoms with Crippen LogP contribution >= 0.6 is 0 Å². The molecule has 6 aromatic rings. The van der Waals surface area contributed by atoms with Crippen molar-refractivity contribution in [3.8, 4) is 33.8 Å². The fourth-order valence-corrected chi connectivity index (χ4v) is 6.82. The summed E-state index contributed by atoms with van der Waals surface area (Å²) in [6.45, 7) is 1.24. The molecule has 1 saturated heterocycles. The smallest absolute Gasteiger partial charge is 0.236 e. The van der Waals surface area contributed by atoms with Gasteiger partial charge in [-0.25, -0.2) is 18.9 Å². The van der Waals surface area contributed by atoms with Crippen molar-refractivity contribution >= 4 is 17.3 Å². The number of hydrogen-bond donors (Lipinski definition) is 1. The SMILES string of the molecule is NCC(=O)N1CCC(n2c(C3CC3)nc(-c3ccc(F)cc3)c2-c2ccc3nc(CC(=O)c4cccc(-c5cccnc5)c4)cn3n2)CC1. The van der Waals surface area contributed by atoms with Crippen molar-refractivity contribution in [1.82, 2.24) is 34.0 Å². The van der Waals surface area contributed by atoms with E-state index in [4.69, 9.17) is 20.8 Å². The van der Waals surface area contributed by atoms with Gasteiger partial charge in [-0.05, 0) is 79.8 Å². The van der Waals surface area contributed by atoms with E-state index in [0.717, 1.165) is 59.6 Å². The zero-order valence-corrected chi connectivity index (χ0v) is 26.9. The number of likely N-dealkylation sites (tertiary alicyclic amines) is 1. The predicted molar refractivity (Wildman–Crippen MR) is 183 cm³/mol. The third-order valence-corrected chi connectivity index (χ3v) is 9.49. The van der Waals surface area contributed by atoms with Crippen LogP contribution in [0, 0.1) is 5.82 Å². The maximum absolute atomic E-state index is 14.0. The Labute approximate surface area is 282 Å². The second-order valence-corrected chi connectivity index (χ2v) is 12.8. The normalized spacial score (nSPS) is 15.2. The van der Waals surface area contributed by atoms with Gasteiger partial charge in [0, 0.05) is 54.1 Å². The van der Waals surface area contributed by atoms with Gasteiger partial charge in [-0.3, -0.25) is 14.6 Å². The summed E-state index contributed by atoms with van der Waals surface area (Å²) < 4.78 is 18.1. The molecule has 0 unspecified atom stereocenters. The van der Waals surface area contributed by atoms with E-state index in [-0.39, 0.29) is 36.5 Å². The largest absolute Gasteiger partial charge is 0.341 e. The van der Waals surface area contributed by atoms with Gasteiger partial charge in [0.05, 0.1) is 36.2 Å². The van der Waals surface area contributed by atoms with Crippen LogP contribution in [-0.4, -0.2) is 65.4 Å². The number of Topliss-reactive ketones (excluding diaryl/α,β-unsaturated/α-hetero) is 1. The number of hydrogen-bond acceptors (Lipinski definition) is 7. The van der Waals surface area contributed by atoms with Gasteiger partial charge in [-0.15, -0.1) is 0 Å². The highest BCUT2D eigenvalue weighted by atomic mass is 19.1. The molecule has 0 atom stereocenters. The summed E-state index contributed by atoms with van der Waals surface area (Å²) in [5, 5.41) is 5.03. The van der Waals surface area contributed by atoms with E-state index < -0.39 is 0 Å². The van der Waals surface area contributed by atoms with Crippen molar-refractivity contribution in [3.63, 3.8) is 0 Å². The van der Waals surface area contributed by atoms with Gasteiger partial charge in [0.25, 0.3) is 0 Å². The van der Waals surface area contributed by atoms with E-state index in [1.807, 2.05) is 53.4 Å². The molecule has 0 radical (unpaired) electrons. The molecule has 10 nitrogen and oxygen atoms in total. The summed E-state index contributed by atoms with van der Waals surface area (Å²) in [6.07, 6.45) is 9.07. The minimum atomic E-state index is -0.312. The monoisotopic (exact) mass is 654 g/mol. The van der Waals surface area contributed by atoms with Crippen molar-refractivity contribution < 1.29 is 14.0 Å². The lowest BCUT2D eigenvalue weighted by Gasteiger charge is -2.34. The number of carbonyl (C=O) groups is 2. The average Bonchev–Trinajstić information content (AvgIpc) is 3.80. The second-order valence-electron chi connectivity index (χ2n) is 12.8. The summed E-state index contributed by atoms with van der Waals surface area (Å²) in [4.78, 5) is 41.7. The Hall–Kier alpha value is -5.55. The van der Waals surface area contributed by atoms with Gasteiger partial charge in [-0.2, -0.15) is 5.10 Å². The van der Waals surface area contributed by atoms with Crippen LogP contribution in [-0.2, 0) is 11.2 Å². The number of amides is 1. The Kier molecular flexibility index (Phi) is 8.04. The van der Waals surface area contributed by atoms with E-state index in [9.17, 15) is 14.0 Å². The Bertz CT molecular complexity index is 2160. The molecule has 5 heterocycles. The summed E-state index contributed by atoms with van der Waals surface area (Å²) in [5.41, 5.74) is 12.5. The van der Waals surface area contributed by atoms with E-state index in [1.165, 1.54) is 12.1 Å². The van der Waals surface area contributed by atoms with Crippen LogP contribution in [0.25, 0.3) is 39.4 Å². The van der Waals surface area contributed by atoms with Crippen LogP contribution in [0.1, 0.15) is 59.5 Å². The van der Waals surface area contributed by atoms with Crippen LogP contribution in [0.2, 0.25) is 0 Å². The number of pyridine rings is 1. The molecule has 11 heteroatoms. The van der Waals surface area contributed by atoms with Crippen molar-refractivity contribution in [2.45, 2.75) is 44.1 Å². The number of imidazole rings is 2. The molecule has 0 bridgehead atoms. The highest BCUT2D eigenvalue weighted by Gasteiger charge is 2.36. The van der Waals surface area contributed by atoms with Crippen LogP contribution in [0.5, 0.6) is 0 Å². The Balaban J connectivity index is 1.15. The Morgan fingerprint density at radius 3 is 2.41 bits per heavy atom. The van der Waals surface area contributed by atoms with Gasteiger partial charge in [0.1, 0.15) is 17.3 Å². The number of halogens is 1. The lowest BCUT2D eigenvalue weighted by atomic mass is 10.0. The zero-order valence-electron chi connectivity index (χ0n) is 26.9. The van der Waals surface area contributed by atoms with Crippen molar-refractivity contribution in [2.75, 3.05) is 19.6 Å². The fraction of sp³-hybridized carbons (Fsp3) is 0.263.